The maximum atomic E-state index is 2.43. The summed E-state index contributed by atoms with van der Waals surface area (Å²) in [5, 5.41) is 5.15. The normalized spacial score (nSPS) is 12.8. The number of thiophene rings is 1. The van der Waals surface area contributed by atoms with Gasteiger partial charge in [0.1, 0.15) is 0 Å². The zero-order valence-corrected chi connectivity index (χ0v) is 35.7. The van der Waals surface area contributed by atoms with Crippen LogP contribution in [0.5, 0.6) is 0 Å². The van der Waals surface area contributed by atoms with Crippen LogP contribution in [0, 0.1) is 0 Å². The molecule has 0 aliphatic heterocycles. The van der Waals surface area contributed by atoms with E-state index in [2.05, 4.69) is 252 Å². The van der Waals surface area contributed by atoms with Crippen molar-refractivity contribution in [2.75, 3.05) is 4.90 Å². The van der Waals surface area contributed by atoms with Gasteiger partial charge in [-0.3, -0.25) is 0 Å². The lowest BCUT2D eigenvalue weighted by molar-refractivity contribution is 0.768. The van der Waals surface area contributed by atoms with Crippen molar-refractivity contribution in [1.82, 2.24) is 4.57 Å². The highest BCUT2D eigenvalue weighted by molar-refractivity contribution is 7.25. The number of rotatable bonds is 7. The molecule has 0 saturated heterocycles. The van der Waals surface area contributed by atoms with Gasteiger partial charge in [0.05, 0.1) is 16.4 Å². The van der Waals surface area contributed by atoms with E-state index in [1.165, 1.54) is 86.5 Å². The molecule has 0 bridgehead atoms. The Morgan fingerprint density at radius 2 is 0.906 bits per heavy atom. The van der Waals surface area contributed by atoms with Crippen molar-refractivity contribution in [3.63, 3.8) is 0 Å². The van der Waals surface area contributed by atoms with Gasteiger partial charge in [-0.05, 0) is 111 Å². The molecule has 0 atom stereocenters. The average molecular weight is 833 g/mol. The van der Waals surface area contributed by atoms with Crippen molar-refractivity contribution in [3.8, 4) is 27.9 Å². The largest absolute Gasteiger partial charge is 0.310 e. The van der Waals surface area contributed by atoms with Gasteiger partial charge in [0.25, 0.3) is 0 Å². The van der Waals surface area contributed by atoms with Crippen LogP contribution in [-0.4, -0.2) is 4.57 Å². The quantitative estimate of drug-likeness (QED) is 0.155. The highest BCUT2D eigenvalue weighted by atomic mass is 32.1. The first-order valence-electron chi connectivity index (χ1n) is 22.0. The molecule has 12 aromatic rings. The molecule has 0 radical (unpaired) electrons. The van der Waals surface area contributed by atoms with E-state index >= 15 is 0 Å². The second kappa shape index (κ2) is 14.6. The Balaban J connectivity index is 1.00. The molecule has 300 valence electrons. The third-order valence-corrected chi connectivity index (χ3v) is 14.6. The summed E-state index contributed by atoms with van der Waals surface area (Å²) in [5.41, 5.74) is 16.4. The first-order chi connectivity index (χ1) is 31.7. The number of nitrogens with zero attached hydrogens (tertiary/aromatic N) is 2. The van der Waals surface area contributed by atoms with Crippen molar-refractivity contribution in [2.45, 2.75) is 5.41 Å². The first kappa shape index (κ1) is 36.7. The predicted octanol–water partition coefficient (Wildman–Crippen LogP) is 16.7. The third kappa shape index (κ3) is 5.51. The molecule has 0 amide bonds. The van der Waals surface area contributed by atoms with Crippen molar-refractivity contribution < 1.29 is 0 Å². The molecule has 2 heterocycles. The monoisotopic (exact) mass is 832 g/mol. The van der Waals surface area contributed by atoms with Gasteiger partial charge in [0, 0.05) is 53.7 Å². The number of fused-ring (bicyclic) bond motifs is 9. The van der Waals surface area contributed by atoms with E-state index in [9.17, 15) is 0 Å². The Labute approximate surface area is 376 Å². The molecule has 13 rings (SSSR count). The third-order valence-electron chi connectivity index (χ3n) is 13.5. The van der Waals surface area contributed by atoms with Crippen molar-refractivity contribution in [2.24, 2.45) is 0 Å². The van der Waals surface area contributed by atoms with Crippen molar-refractivity contribution in [3.05, 3.63) is 265 Å². The lowest BCUT2D eigenvalue weighted by Crippen LogP contribution is -2.28. The van der Waals surface area contributed by atoms with E-state index in [0.717, 1.165) is 22.7 Å². The average Bonchev–Trinajstić information content (AvgIpc) is 4.01. The summed E-state index contributed by atoms with van der Waals surface area (Å²) in [6, 6.07) is 89.6. The minimum atomic E-state index is -0.467. The van der Waals surface area contributed by atoms with Crippen LogP contribution < -0.4 is 4.90 Å². The molecule has 0 fully saturated rings. The number of aromatic nitrogens is 1. The van der Waals surface area contributed by atoms with E-state index in [0.29, 0.717) is 0 Å². The number of benzene rings is 10. The second-order valence-electron chi connectivity index (χ2n) is 16.8. The number of hydrogen-bond acceptors (Lipinski definition) is 2. The molecule has 2 aromatic heterocycles. The van der Waals surface area contributed by atoms with Crippen molar-refractivity contribution in [1.29, 1.82) is 0 Å². The molecular weight excluding hydrogens is 793 g/mol. The summed E-state index contributed by atoms with van der Waals surface area (Å²) >= 11 is 1.87. The fraction of sp³-hybridized carbons (Fsp3) is 0.0164. The van der Waals surface area contributed by atoms with Gasteiger partial charge in [-0.1, -0.05) is 176 Å². The number of hydrogen-bond donors (Lipinski definition) is 0. The summed E-state index contributed by atoms with van der Waals surface area (Å²) in [5.74, 6) is 0. The summed E-state index contributed by atoms with van der Waals surface area (Å²) in [6.45, 7) is 0. The maximum Gasteiger partial charge on any atom is 0.0713 e. The fourth-order valence-electron chi connectivity index (χ4n) is 10.7. The highest BCUT2D eigenvalue weighted by Gasteiger charge is 2.46. The lowest BCUT2D eigenvalue weighted by Gasteiger charge is -2.34. The Hall–Kier alpha value is -7.98. The number of anilines is 3. The Bertz CT molecular complexity index is 3640. The first-order valence-corrected chi connectivity index (χ1v) is 22.8. The van der Waals surface area contributed by atoms with Gasteiger partial charge in [-0.25, -0.2) is 0 Å². The Morgan fingerprint density at radius 1 is 0.344 bits per heavy atom. The van der Waals surface area contributed by atoms with Crippen LogP contribution in [0.4, 0.5) is 17.1 Å². The van der Waals surface area contributed by atoms with Gasteiger partial charge < -0.3 is 9.47 Å². The smallest absolute Gasteiger partial charge is 0.0713 e. The van der Waals surface area contributed by atoms with Crippen LogP contribution in [0.15, 0.2) is 243 Å². The molecule has 1 aliphatic rings. The fourth-order valence-corrected chi connectivity index (χ4v) is 11.8. The number of para-hydroxylation sites is 2. The van der Waals surface area contributed by atoms with E-state index in [-0.39, 0.29) is 0 Å². The minimum Gasteiger partial charge on any atom is -0.310 e. The van der Waals surface area contributed by atoms with Crippen LogP contribution in [0.2, 0.25) is 0 Å². The molecule has 0 spiro atoms. The van der Waals surface area contributed by atoms with Gasteiger partial charge in [0.15, 0.2) is 0 Å². The van der Waals surface area contributed by atoms with Crippen LogP contribution >= 0.6 is 11.3 Å². The molecule has 2 nitrogen and oxygen atoms in total. The summed E-state index contributed by atoms with van der Waals surface area (Å²) in [4.78, 5) is 2.43. The topological polar surface area (TPSA) is 8.17 Å². The minimum absolute atomic E-state index is 0.467. The van der Waals surface area contributed by atoms with E-state index in [4.69, 9.17) is 0 Å². The second-order valence-corrected chi connectivity index (χ2v) is 17.9. The standard InChI is InChI=1S/C61H40N2S/c1-3-16-43(17-4-1)61(44-18-5-2-6-19-44)55-26-11-7-22-49(55)54-40-48(35-37-56(54)61)62(45-33-30-41(31-34-45)42-32-36-53-52-25-10-14-29-59(52)64-60(53)38-42)46-20-15-21-47(39-46)63-57-27-12-8-23-50(57)51-24-9-13-28-58(51)63/h1-40H. The summed E-state index contributed by atoms with van der Waals surface area (Å²) < 4.78 is 5.05. The van der Waals surface area contributed by atoms with E-state index < -0.39 is 5.41 Å². The van der Waals surface area contributed by atoms with Gasteiger partial charge in [-0.2, -0.15) is 0 Å². The van der Waals surface area contributed by atoms with Crippen LogP contribution in [0.25, 0.3) is 69.9 Å². The van der Waals surface area contributed by atoms with Gasteiger partial charge in [0.2, 0.25) is 0 Å². The zero-order valence-electron chi connectivity index (χ0n) is 34.9. The van der Waals surface area contributed by atoms with Crippen LogP contribution in [-0.2, 0) is 5.41 Å². The highest BCUT2D eigenvalue weighted by Crippen LogP contribution is 2.57. The van der Waals surface area contributed by atoms with Crippen LogP contribution in [0.3, 0.4) is 0 Å². The molecule has 0 saturated carbocycles. The molecular formula is C61H40N2S. The summed E-state index contributed by atoms with van der Waals surface area (Å²) in [7, 11) is 0. The predicted molar refractivity (Wildman–Crippen MR) is 271 cm³/mol. The van der Waals surface area contributed by atoms with Gasteiger partial charge in [-0.15, -0.1) is 11.3 Å². The van der Waals surface area contributed by atoms with E-state index in [1.807, 2.05) is 11.3 Å². The molecule has 0 unspecified atom stereocenters. The van der Waals surface area contributed by atoms with Crippen LogP contribution in [0.1, 0.15) is 22.3 Å². The maximum absolute atomic E-state index is 2.43. The summed E-state index contributed by atoms with van der Waals surface area (Å²) in [6.07, 6.45) is 0. The molecule has 0 N–H and O–H groups in total. The molecule has 64 heavy (non-hydrogen) atoms. The Kier molecular flexibility index (Phi) is 8.34. The SMILES string of the molecule is c1ccc(C2(c3ccccc3)c3ccccc3-c3cc(N(c4ccc(-c5ccc6c(c5)sc5ccccc56)cc4)c4cccc(-n5c6ccccc6c6ccccc65)c4)ccc32)cc1. The lowest BCUT2D eigenvalue weighted by atomic mass is 9.68. The van der Waals surface area contributed by atoms with Gasteiger partial charge >= 0.3 is 0 Å². The van der Waals surface area contributed by atoms with E-state index in [1.54, 1.807) is 0 Å². The Morgan fingerprint density at radius 3 is 1.64 bits per heavy atom. The molecule has 1 aliphatic carbocycles. The van der Waals surface area contributed by atoms with Crippen molar-refractivity contribution >= 4 is 70.4 Å². The molecule has 10 aromatic carbocycles. The molecule has 3 heteroatoms. The zero-order chi connectivity index (χ0) is 42.2.